The zero-order chi connectivity index (χ0) is 47.1. The Balaban J connectivity index is 4.04. The fourth-order valence-electron chi connectivity index (χ4n) is 8.31. The number of unbranched alkanes of at least 4 members (excludes halogenated alkanes) is 34. The van der Waals surface area contributed by atoms with E-state index < -0.39 is 20.0 Å². The van der Waals surface area contributed by atoms with Gasteiger partial charge < -0.3 is 19.8 Å². The minimum Gasteiger partial charge on any atom is -0.391 e. The maximum atomic E-state index is 13.0. The lowest BCUT2D eigenvalue weighted by Crippen LogP contribution is -2.46. The summed E-state index contributed by atoms with van der Waals surface area (Å²) in [5, 5.41) is 14.0. The Bertz CT molecular complexity index is 1090. The Morgan fingerprint density at radius 2 is 0.891 bits per heavy atom. The van der Waals surface area contributed by atoms with Gasteiger partial charge in [-0.1, -0.05) is 244 Å². The molecular weight excluding hydrogens is 816 g/mol. The third-order valence-electron chi connectivity index (χ3n) is 12.7. The molecule has 3 unspecified atom stereocenters. The largest absolute Gasteiger partial charge is 0.472 e. The molecule has 1 amide bonds. The van der Waals surface area contributed by atoms with Crippen molar-refractivity contribution in [1.29, 1.82) is 0 Å². The van der Waals surface area contributed by atoms with Crippen LogP contribution in [0.4, 0.5) is 0 Å². The summed E-state index contributed by atoms with van der Waals surface area (Å²) >= 11 is 0. The van der Waals surface area contributed by atoms with E-state index in [0.29, 0.717) is 23.9 Å². The number of hydrogen-bond acceptors (Lipinski definition) is 5. The van der Waals surface area contributed by atoms with E-state index in [9.17, 15) is 19.4 Å². The Hall–Kier alpha value is -1.02. The quantitative estimate of drug-likeness (QED) is 0.0243. The molecule has 0 aromatic carbocycles. The van der Waals surface area contributed by atoms with Crippen molar-refractivity contribution in [2.45, 2.75) is 283 Å². The molecular formula is C55H110N2O6P+. The fourth-order valence-corrected chi connectivity index (χ4v) is 9.05. The van der Waals surface area contributed by atoms with Crippen molar-refractivity contribution in [1.82, 2.24) is 5.32 Å². The molecule has 0 aliphatic carbocycles. The van der Waals surface area contributed by atoms with Gasteiger partial charge in [0.15, 0.2) is 0 Å². The van der Waals surface area contributed by atoms with Crippen LogP contribution in [0.5, 0.6) is 0 Å². The number of amides is 1. The highest BCUT2D eigenvalue weighted by atomic mass is 31.2. The molecule has 0 aliphatic rings. The van der Waals surface area contributed by atoms with Crippen LogP contribution in [0.15, 0.2) is 24.3 Å². The first-order valence-electron chi connectivity index (χ1n) is 27.7. The number of phosphoric ester groups is 1. The lowest BCUT2D eigenvalue weighted by molar-refractivity contribution is -0.870. The van der Waals surface area contributed by atoms with Crippen molar-refractivity contribution in [3.63, 3.8) is 0 Å². The maximum absolute atomic E-state index is 13.0. The van der Waals surface area contributed by atoms with Crippen molar-refractivity contribution in [2.24, 2.45) is 0 Å². The van der Waals surface area contributed by atoms with E-state index in [1.807, 2.05) is 21.1 Å². The van der Waals surface area contributed by atoms with Gasteiger partial charge in [0.1, 0.15) is 13.2 Å². The summed E-state index contributed by atoms with van der Waals surface area (Å²) in [6.07, 6.45) is 58.0. The first kappa shape index (κ1) is 63.0. The van der Waals surface area contributed by atoms with Crippen LogP contribution in [0.1, 0.15) is 271 Å². The molecule has 0 saturated heterocycles. The number of aliphatic hydroxyl groups excluding tert-OH is 1. The molecule has 0 aromatic rings. The van der Waals surface area contributed by atoms with Crippen LogP contribution in [0, 0.1) is 0 Å². The van der Waals surface area contributed by atoms with Gasteiger partial charge in [-0.25, -0.2) is 4.57 Å². The van der Waals surface area contributed by atoms with Gasteiger partial charge in [-0.05, 0) is 44.9 Å². The number of carbonyl (C=O) groups excluding carboxylic acids is 1. The van der Waals surface area contributed by atoms with Gasteiger partial charge in [0.2, 0.25) is 5.91 Å². The van der Waals surface area contributed by atoms with Crippen molar-refractivity contribution in [2.75, 3.05) is 40.9 Å². The predicted octanol–water partition coefficient (Wildman–Crippen LogP) is 16.4. The van der Waals surface area contributed by atoms with E-state index in [-0.39, 0.29) is 19.1 Å². The molecule has 0 saturated carbocycles. The van der Waals surface area contributed by atoms with Crippen molar-refractivity contribution in [3.05, 3.63) is 24.3 Å². The topological polar surface area (TPSA) is 105 Å². The number of carbonyl (C=O) groups is 1. The Morgan fingerprint density at radius 3 is 1.28 bits per heavy atom. The van der Waals surface area contributed by atoms with E-state index in [4.69, 9.17) is 9.05 Å². The summed E-state index contributed by atoms with van der Waals surface area (Å²) in [7, 11) is 1.63. The van der Waals surface area contributed by atoms with Gasteiger partial charge in [-0.3, -0.25) is 13.8 Å². The lowest BCUT2D eigenvalue weighted by atomic mass is 10.0. The number of rotatable bonds is 51. The molecule has 9 heteroatoms. The number of aliphatic hydroxyl groups is 1. The molecule has 380 valence electrons. The minimum absolute atomic E-state index is 0.0766. The second kappa shape index (κ2) is 47.1. The van der Waals surface area contributed by atoms with Crippen LogP contribution in [0.25, 0.3) is 0 Å². The molecule has 0 bridgehead atoms. The van der Waals surface area contributed by atoms with Crippen LogP contribution < -0.4 is 5.32 Å². The fraction of sp³-hybridized carbons (Fsp3) is 0.909. The second-order valence-electron chi connectivity index (χ2n) is 20.3. The smallest absolute Gasteiger partial charge is 0.391 e. The van der Waals surface area contributed by atoms with Crippen LogP contribution in [-0.2, 0) is 18.4 Å². The summed E-state index contributed by atoms with van der Waals surface area (Å²) in [5.74, 6) is -0.141. The SMILES string of the molecule is CCCCCCC/C=C\C/C=C\CCCCCCCCCCCCCCCCCCCC(=O)NC(COP(=O)(O)OCC[N+](C)(C)C)C(O)CCCCCCCCCCCCCCC. The number of allylic oxidation sites excluding steroid dienone is 4. The molecule has 0 rings (SSSR count). The standard InChI is InChI=1S/C55H109N2O6P/c1-6-8-10-12-14-16-18-20-21-22-23-24-25-26-27-28-29-30-31-32-33-34-35-37-39-41-43-45-47-49-55(59)56-53(52-63-64(60,61)62-51-50-57(3,4)5)54(58)48-46-44-42-40-38-36-19-17-15-13-11-9-7-2/h18,20,22-23,53-54,58H,6-17,19,21,24-52H2,1-5H3,(H-,56,59,60,61)/p+1/b20-18-,23-22-. The van der Waals surface area contributed by atoms with E-state index in [0.717, 1.165) is 44.9 Å². The third-order valence-corrected chi connectivity index (χ3v) is 13.7. The van der Waals surface area contributed by atoms with Gasteiger partial charge in [0.25, 0.3) is 0 Å². The average Bonchev–Trinajstić information content (AvgIpc) is 3.25. The summed E-state index contributed by atoms with van der Waals surface area (Å²) in [6, 6.07) is -0.757. The summed E-state index contributed by atoms with van der Waals surface area (Å²) in [6.45, 7) is 4.90. The molecule has 0 heterocycles. The molecule has 0 aliphatic heterocycles. The normalized spacial score (nSPS) is 14.2. The number of phosphoric acid groups is 1. The summed E-state index contributed by atoms with van der Waals surface area (Å²) in [4.78, 5) is 23.3. The summed E-state index contributed by atoms with van der Waals surface area (Å²) < 4.78 is 23.7. The van der Waals surface area contributed by atoms with Gasteiger partial charge in [-0.2, -0.15) is 0 Å². The van der Waals surface area contributed by atoms with Gasteiger partial charge >= 0.3 is 7.82 Å². The Kier molecular flexibility index (Phi) is 46.3. The van der Waals surface area contributed by atoms with Crippen LogP contribution >= 0.6 is 7.82 Å². The van der Waals surface area contributed by atoms with E-state index in [1.54, 1.807) is 0 Å². The molecule has 3 N–H and O–H groups in total. The van der Waals surface area contributed by atoms with Crippen molar-refractivity contribution < 1.29 is 32.9 Å². The third kappa shape index (κ3) is 48.9. The average molecular weight is 926 g/mol. The van der Waals surface area contributed by atoms with E-state index >= 15 is 0 Å². The lowest BCUT2D eigenvalue weighted by Gasteiger charge is -2.26. The first-order valence-corrected chi connectivity index (χ1v) is 29.2. The number of nitrogens with one attached hydrogen (secondary N) is 1. The van der Waals surface area contributed by atoms with Crippen LogP contribution in [-0.4, -0.2) is 73.4 Å². The molecule has 0 spiro atoms. The number of likely N-dealkylation sites (N-methyl/N-ethyl adjacent to an activating group) is 1. The zero-order valence-electron chi connectivity index (χ0n) is 43.3. The monoisotopic (exact) mass is 926 g/mol. The maximum Gasteiger partial charge on any atom is 0.472 e. The molecule has 3 atom stereocenters. The molecule has 0 radical (unpaired) electrons. The zero-order valence-corrected chi connectivity index (χ0v) is 44.2. The first-order chi connectivity index (χ1) is 31.0. The number of quaternary nitrogens is 1. The number of nitrogens with zero attached hydrogens (tertiary/aromatic N) is 1. The predicted molar refractivity (Wildman–Crippen MR) is 277 cm³/mol. The van der Waals surface area contributed by atoms with Gasteiger partial charge in [-0.15, -0.1) is 0 Å². The van der Waals surface area contributed by atoms with Gasteiger partial charge in [0.05, 0.1) is 39.9 Å². The summed E-state index contributed by atoms with van der Waals surface area (Å²) in [5.41, 5.74) is 0. The molecule has 8 nitrogen and oxygen atoms in total. The van der Waals surface area contributed by atoms with Crippen molar-refractivity contribution >= 4 is 13.7 Å². The second-order valence-corrected chi connectivity index (χ2v) is 21.8. The Morgan fingerprint density at radius 1 is 0.531 bits per heavy atom. The molecule has 0 fully saturated rings. The highest BCUT2D eigenvalue weighted by molar-refractivity contribution is 7.47. The Labute approximate surface area is 398 Å². The van der Waals surface area contributed by atoms with E-state index in [2.05, 4.69) is 43.5 Å². The molecule has 64 heavy (non-hydrogen) atoms. The number of hydrogen-bond donors (Lipinski definition) is 3. The van der Waals surface area contributed by atoms with Crippen LogP contribution in [0.3, 0.4) is 0 Å². The van der Waals surface area contributed by atoms with Crippen molar-refractivity contribution in [3.8, 4) is 0 Å². The highest BCUT2D eigenvalue weighted by Crippen LogP contribution is 2.43. The van der Waals surface area contributed by atoms with E-state index in [1.165, 1.54) is 199 Å². The highest BCUT2D eigenvalue weighted by Gasteiger charge is 2.28. The minimum atomic E-state index is -4.31. The molecule has 0 aromatic heterocycles. The van der Waals surface area contributed by atoms with Gasteiger partial charge in [0, 0.05) is 6.42 Å². The van der Waals surface area contributed by atoms with Crippen LogP contribution in [0.2, 0.25) is 0 Å².